The lowest BCUT2D eigenvalue weighted by Gasteiger charge is -2.29. The Morgan fingerprint density at radius 2 is 2.18 bits per heavy atom. The second kappa shape index (κ2) is 9.28. The number of guanidine groups is 1. The van der Waals surface area contributed by atoms with Gasteiger partial charge in [0.2, 0.25) is 0 Å². The van der Waals surface area contributed by atoms with Crippen molar-refractivity contribution in [3.8, 4) is 5.75 Å². The predicted octanol–water partition coefficient (Wildman–Crippen LogP) is 2.59. The van der Waals surface area contributed by atoms with Crippen LogP contribution in [0.1, 0.15) is 39.0 Å². The lowest BCUT2D eigenvalue weighted by Crippen LogP contribution is -2.45. The van der Waals surface area contributed by atoms with E-state index < -0.39 is 0 Å². The number of aliphatic imine (C=N–C) groups is 1. The molecule has 122 valence electrons. The van der Waals surface area contributed by atoms with Crippen LogP contribution in [0.2, 0.25) is 0 Å². The molecule has 0 bridgehead atoms. The molecule has 0 unspecified atom stereocenters. The van der Waals surface area contributed by atoms with Gasteiger partial charge in [-0.15, -0.1) is 0 Å². The zero-order chi connectivity index (χ0) is 15.6. The van der Waals surface area contributed by atoms with Crippen LogP contribution in [0.15, 0.2) is 29.5 Å². The van der Waals surface area contributed by atoms with E-state index in [1.54, 1.807) is 12.4 Å². The maximum absolute atomic E-state index is 5.61. The van der Waals surface area contributed by atoms with E-state index >= 15 is 0 Å². The third-order valence-electron chi connectivity index (χ3n) is 4.29. The molecule has 0 aliphatic heterocycles. The van der Waals surface area contributed by atoms with Crippen LogP contribution >= 0.6 is 0 Å². The minimum atomic E-state index is 0.549. The van der Waals surface area contributed by atoms with E-state index in [4.69, 9.17) is 4.74 Å². The first-order chi connectivity index (χ1) is 10.8. The van der Waals surface area contributed by atoms with Crippen molar-refractivity contribution in [2.24, 2.45) is 10.9 Å². The smallest absolute Gasteiger partial charge is 0.191 e. The average Bonchev–Trinajstić information content (AvgIpc) is 2.59. The lowest BCUT2D eigenvalue weighted by molar-refractivity contribution is 0.301. The molecular weight excluding hydrogens is 276 g/mol. The van der Waals surface area contributed by atoms with Gasteiger partial charge in [0, 0.05) is 19.3 Å². The third kappa shape index (κ3) is 5.54. The van der Waals surface area contributed by atoms with E-state index in [2.05, 4.69) is 27.5 Å². The van der Waals surface area contributed by atoms with Gasteiger partial charge in [-0.3, -0.25) is 9.98 Å². The third-order valence-corrected chi connectivity index (χ3v) is 4.29. The van der Waals surface area contributed by atoms with E-state index in [-0.39, 0.29) is 0 Å². The largest absolute Gasteiger partial charge is 0.490 e. The molecule has 0 aromatic carbocycles. The summed E-state index contributed by atoms with van der Waals surface area (Å²) in [4.78, 5) is 8.32. The summed E-state index contributed by atoms with van der Waals surface area (Å²) >= 11 is 0. The fourth-order valence-corrected chi connectivity index (χ4v) is 2.87. The lowest BCUT2D eigenvalue weighted by atomic mass is 9.84. The monoisotopic (exact) mass is 304 g/mol. The predicted molar refractivity (Wildman–Crippen MR) is 90.3 cm³/mol. The topological polar surface area (TPSA) is 58.5 Å². The summed E-state index contributed by atoms with van der Waals surface area (Å²) in [5, 5.41) is 6.83. The molecule has 0 atom stereocenters. The molecule has 1 saturated carbocycles. The minimum Gasteiger partial charge on any atom is -0.490 e. The van der Waals surface area contributed by atoms with Crippen molar-refractivity contribution >= 4 is 5.96 Å². The summed E-state index contributed by atoms with van der Waals surface area (Å²) < 4.78 is 5.61. The highest BCUT2D eigenvalue weighted by Crippen LogP contribution is 2.26. The van der Waals surface area contributed by atoms with Crippen molar-refractivity contribution in [2.75, 3.05) is 20.2 Å². The zero-order valence-electron chi connectivity index (χ0n) is 13.7. The number of rotatable bonds is 6. The number of hydrogen-bond donors (Lipinski definition) is 2. The molecule has 2 rings (SSSR count). The van der Waals surface area contributed by atoms with Gasteiger partial charge in [-0.05, 0) is 43.7 Å². The maximum Gasteiger partial charge on any atom is 0.191 e. The van der Waals surface area contributed by atoms with Crippen molar-refractivity contribution in [3.05, 3.63) is 24.5 Å². The van der Waals surface area contributed by atoms with Gasteiger partial charge in [0.15, 0.2) is 5.96 Å². The molecule has 2 N–H and O–H groups in total. The van der Waals surface area contributed by atoms with Crippen molar-refractivity contribution in [1.82, 2.24) is 15.6 Å². The van der Waals surface area contributed by atoms with E-state index in [1.807, 2.05) is 19.2 Å². The summed E-state index contributed by atoms with van der Waals surface area (Å²) in [7, 11) is 1.81. The number of aromatic nitrogens is 1. The molecule has 1 heterocycles. The normalized spacial score (nSPS) is 22.2. The fraction of sp³-hybridized carbons (Fsp3) is 0.647. The zero-order valence-corrected chi connectivity index (χ0v) is 13.7. The Morgan fingerprint density at radius 3 is 2.82 bits per heavy atom. The van der Waals surface area contributed by atoms with Gasteiger partial charge in [-0.1, -0.05) is 13.3 Å². The molecule has 1 aromatic heterocycles. The standard InChI is InChI=1S/C17H28N4O/c1-3-14-6-8-15(9-7-14)21-17(18-2)20-11-12-22-16-5-4-10-19-13-16/h4-5,10,13-15H,3,6-9,11-12H2,1-2H3,(H2,18,20,21). The van der Waals surface area contributed by atoms with Gasteiger partial charge >= 0.3 is 0 Å². The molecule has 1 aliphatic rings. The van der Waals surface area contributed by atoms with Crippen LogP contribution in [0.3, 0.4) is 0 Å². The van der Waals surface area contributed by atoms with E-state index in [0.717, 1.165) is 24.2 Å². The summed E-state index contributed by atoms with van der Waals surface area (Å²) in [6.07, 6.45) is 9.91. The average molecular weight is 304 g/mol. The first kappa shape index (κ1) is 16.6. The van der Waals surface area contributed by atoms with Crippen molar-refractivity contribution in [3.63, 3.8) is 0 Å². The fourth-order valence-electron chi connectivity index (χ4n) is 2.87. The number of nitrogens with one attached hydrogen (secondary N) is 2. The van der Waals surface area contributed by atoms with Crippen LogP contribution in [0.25, 0.3) is 0 Å². The van der Waals surface area contributed by atoms with E-state index in [0.29, 0.717) is 12.6 Å². The molecule has 1 aliphatic carbocycles. The van der Waals surface area contributed by atoms with Crippen LogP contribution in [-0.2, 0) is 0 Å². The second-order valence-electron chi connectivity index (χ2n) is 5.81. The number of nitrogens with zero attached hydrogens (tertiary/aromatic N) is 2. The van der Waals surface area contributed by atoms with Crippen molar-refractivity contribution in [2.45, 2.75) is 45.1 Å². The van der Waals surface area contributed by atoms with Gasteiger partial charge in [0.25, 0.3) is 0 Å². The molecule has 5 nitrogen and oxygen atoms in total. The van der Waals surface area contributed by atoms with Crippen LogP contribution in [0.4, 0.5) is 0 Å². The SMILES string of the molecule is CCC1CCC(NC(=NC)NCCOc2cccnc2)CC1. The number of ether oxygens (including phenoxy) is 1. The highest BCUT2D eigenvalue weighted by Gasteiger charge is 2.20. The van der Waals surface area contributed by atoms with Gasteiger partial charge in [0.05, 0.1) is 12.7 Å². The molecule has 5 heteroatoms. The molecule has 0 spiro atoms. The molecule has 0 saturated heterocycles. The molecular formula is C17H28N4O. The molecule has 0 radical (unpaired) electrons. The Labute approximate surface area is 133 Å². The van der Waals surface area contributed by atoms with Crippen LogP contribution < -0.4 is 15.4 Å². The molecule has 22 heavy (non-hydrogen) atoms. The van der Waals surface area contributed by atoms with Crippen molar-refractivity contribution in [1.29, 1.82) is 0 Å². The number of hydrogen-bond acceptors (Lipinski definition) is 3. The van der Waals surface area contributed by atoms with Gasteiger partial charge in [-0.2, -0.15) is 0 Å². The second-order valence-corrected chi connectivity index (χ2v) is 5.81. The molecule has 1 aromatic rings. The van der Waals surface area contributed by atoms with Gasteiger partial charge in [-0.25, -0.2) is 0 Å². The summed E-state index contributed by atoms with van der Waals surface area (Å²) in [5.41, 5.74) is 0. The maximum atomic E-state index is 5.61. The Bertz CT molecular complexity index is 441. The van der Waals surface area contributed by atoms with E-state index in [9.17, 15) is 0 Å². The van der Waals surface area contributed by atoms with Crippen LogP contribution in [0.5, 0.6) is 5.75 Å². The number of pyridine rings is 1. The molecule has 1 fully saturated rings. The highest BCUT2D eigenvalue weighted by molar-refractivity contribution is 5.79. The first-order valence-electron chi connectivity index (χ1n) is 8.31. The summed E-state index contributed by atoms with van der Waals surface area (Å²) in [5.74, 6) is 2.58. The summed E-state index contributed by atoms with van der Waals surface area (Å²) in [6, 6.07) is 4.33. The quantitative estimate of drug-likeness (QED) is 0.482. The minimum absolute atomic E-state index is 0.549. The summed E-state index contributed by atoms with van der Waals surface area (Å²) in [6.45, 7) is 3.61. The van der Waals surface area contributed by atoms with Gasteiger partial charge < -0.3 is 15.4 Å². The molecule has 0 amide bonds. The highest BCUT2D eigenvalue weighted by atomic mass is 16.5. The van der Waals surface area contributed by atoms with Gasteiger partial charge in [0.1, 0.15) is 12.4 Å². The Balaban J connectivity index is 1.63. The first-order valence-corrected chi connectivity index (χ1v) is 8.31. The van der Waals surface area contributed by atoms with Crippen LogP contribution in [-0.4, -0.2) is 37.2 Å². The van der Waals surface area contributed by atoms with E-state index in [1.165, 1.54) is 32.1 Å². The Hall–Kier alpha value is -1.78. The Kier molecular flexibility index (Phi) is 7.00. The van der Waals surface area contributed by atoms with Crippen LogP contribution in [0, 0.1) is 5.92 Å². The Morgan fingerprint density at radius 1 is 1.36 bits per heavy atom. The van der Waals surface area contributed by atoms with Crippen molar-refractivity contribution < 1.29 is 4.74 Å².